The normalized spacial score (nSPS) is 10.6. The van der Waals surface area contributed by atoms with Crippen LogP contribution in [0.4, 0.5) is 9.39 Å². The van der Waals surface area contributed by atoms with Crippen LogP contribution in [0.25, 0.3) is 0 Å². The molecule has 0 saturated heterocycles. The first-order valence-electron chi connectivity index (χ1n) is 10.0. The first kappa shape index (κ1) is 24.5. The van der Waals surface area contributed by atoms with Gasteiger partial charge in [0.25, 0.3) is 0 Å². The van der Waals surface area contributed by atoms with Gasteiger partial charge in [0.15, 0.2) is 22.5 Å². The lowest BCUT2D eigenvalue weighted by atomic mass is 10.3. The molecule has 0 aliphatic carbocycles. The number of rotatable bonds is 11. The van der Waals surface area contributed by atoms with Crippen LogP contribution < -0.4 is 10.1 Å². The van der Waals surface area contributed by atoms with E-state index in [9.17, 15) is 14.0 Å². The largest absolute Gasteiger partial charge is 0.483 e. The molecule has 0 aliphatic rings. The number of esters is 1. The number of thiophene rings is 1. The number of amides is 1. The Morgan fingerprint density at radius 2 is 2.12 bits per heavy atom. The Morgan fingerprint density at radius 3 is 2.85 bits per heavy atom. The minimum Gasteiger partial charge on any atom is -0.483 e. The molecular weight excluding hydrogens is 467 g/mol. The minimum absolute atomic E-state index is 0.0135. The van der Waals surface area contributed by atoms with Gasteiger partial charge in [0.1, 0.15) is 11.5 Å². The molecule has 1 N–H and O–H groups in total. The average molecular weight is 491 g/mol. The molecule has 0 radical (unpaired) electrons. The van der Waals surface area contributed by atoms with Crippen LogP contribution in [0.5, 0.6) is 5.75 Å². The quantitative estimate of drug-likeness (QED) is 0.241. The number of halogens is 1. The molecule has 33 heavy (non-hydrogen) atoms. The summed E-state index contributed by atoms with van der Waals surface area (Å²) in [6.45, 7) is 7.97. The summed E-state index contributed by atoms with van der Waals surface area (Å²) in [4.78, 5) is 24.9. The van der Waals surface area contributed by atoms with Gasteiger partial charge in [-0.2, -0.15) is 0 Å². The van der Waals surface area contributed by atoms with Crippen molar-refractivity contribution in [3.8, 4) is 5.75 Å². The number of nitrogens with one attached hydrogen (secondary N) is 1. The first-order valence-corrected chi connectivity index (χ1v) is 11.8. The zero-order valence-electron chi connectivity index (χ0n) is 18.2. The second-order valence-corrected chi connectivity index (χ2v) is 8.69. The molecule has 2 heterocycles. The lowest BCUT2D eigenvalue weighted by Crippen LogP contribution is -2.14. The van der Waals surface area contributed by atoms with Crippen molar-refractivity contribution in [2.24, 2.45) is 0 Å². The summed E-state index contributed by atoms with van der Waals surface area (Å²) in [6, 6.07) is 7.84. The molecule has 3 aromatic rings. The number of hydrogen-bond donors (Lipinski definition) is 1. The maximum Gasteiger partial charge on any atom is 0.348 e. The van der Waals surface area contributed by atoms with Gasteiger partial charge in [0.05, 0.1) is 17.4 Å². The number of benzene rings is 1. The number of carbonyl (C=O) groups excluding carboxylic acids is 2. The lowest BCUT2D eigenvalue weighted by molar-refractivity contribution is -0.113. The standard InChI is InChI=1S/C22H23FN4O4S2/c1-4-10-27-17(12-31-16-9-7-6-8-15(16)23)25-26-22(27)32-13-18(28)24-19-11-14(3)20(33-19)21(29)30-5-2/h4,6-9,11H,1,5,10,12-13H2,2-3H3,(H,24,28). The van der Waals surface area contributed by atoms with Crippen LogP contribution >= 0.6 is 23.1 Å². The topological polar surface area (TPSA) is 95.3 Å². The van der Waals surface area contributed by atoms with Crippen molar-refractivity contribution in [1.82, 2.24) is 14.8 Å². The smallest absolute Gasteiger partial charge is 0.348 e. The van der Waals surface area contributed by atoms with Crippen molar-refractivity contribution in [3.05, 3.63) is 65.1 Å². The number of allylic oxidation sites excluding steroid dienone is 1. The van der Waals surface area contributed by atoms with Gasteiger partial charge in [0, 0.05) is 6.54 Å². The van der Waals surface area contributed by atoms with E-state index < -0.39 is 11.8 Å². The molecular formula is C22H23FN4O4S2. The monoisotopic (exact) mass is 490 g/mol. The lowest BCUT2D eigenvalue weighted by Gasteiger charge is -2.09. The van der Waals surface area contributed by atoms with Crippen molar-refractivity contribution >= 4 is 40.0 Å². The number of anilines is 1. The van der Waals surface area contributed by atoms with Gasteiger partial charge < -0.3 is 14.8 Å². The summed E-state index contributed by atoms with van der Waals surface area (Å²) in [5, 5.41) is 12.1. The van der Waals surface area contributed by atoms with Crippen molar-refractivity contribution in [2.45, 2.75) is 32.2 Å². The van der Waals surface area contributed by atoms with Gasteiger partial charge in [0.2, 0.25) is 5.91 Å². The number of para-hydroxylation sites is 1. The van der Waals surface area contributed by atoms with Gasteiger partial charge in [-0.15, -0.1) is 28.1 Å². The van der Waals surface area contributed by atoms with E-state index in [4.69, 9.17) is 9.47 Å². The second-order valence-electron chi connectivity index (χ2n) is 6.70. The number of nitrogens with zero attached hydrogens (tertiary/aromatic N) is 3. The average Bonchev–Trinajstić information content (AvgIpc) is 3.35. The van der Waals surface area contributed by atoms with Crippen molar-refractivity contribution in [3.63, 3.8) is 0 Å². The predicted molar refractivity (Wildman–Crippen MR) is 125 cm³/mol. The molecule has 0 saturated carbocycles. The van der Waals surface area contributed by atoms with Crippen molar-refractivity contribution < 1.29 is 23.5 Å². The fourth-order valence-corrected chi connectivity index (χ4v) is 4.55. The maximum absolute atomic E-state index is 13.8. The van der Waals surface area contributed by atoms with E-state index in [1.165, 1.54) is 35.2 Å². The molecule has 0 spiro atoms. The molecule has 0 atom stereocenters. The Bertz CT molecular complexity index is 1150. The van der Waals surface area contributed by atoms with Crippen LogP contribution in [0.3, 0.4) is 0 Å². The van der Waals surface area contributed by atoms with Crippen molar-refractivity contribution in [2.75, 3.05) is 17.7 Å². The predicted octanol–water partition coefficient (Wildman–Crippen LogP) is 4.46. The highest BCUT2D eigenvalue weighted by Crippen LogP contribution is 2.28. The van der Waals surface area contributed by atoms with E-state index in [0.29, 0.717) is 27.4 Å². The van der Waals surface area contributed by atoms with E-state index in [2.05, 4.69) is 22.1 Å². The summed E-state index contributed by atoms with van der Waals surface area (Å²) >= 11 is 2.37. The van der Waals surface area contributed by atoms with Crippen LogP contribution in [0.2, 0.25) is 0 Å². The van der Waals surface area contributed by atoms with Crippen LogP contribution in [-0.2, 0) is 22.7 Å². The molecule has 1 aromatic carbocycles. The highest BCUT2D eigenvalue weighted by atomic mass is 32.2. The summed E-state index contributed by atoms with van der Waals surface area (Å²) in [5.74, 6) is -0.448. The summed E-state index contributed by atoms with van der Waals surface area (Å²) in [6.07, 6.45) is 1.67. The molecule has 0 fully saturated rings. The fraction of sp³-hybridized carbons (Fsp3) is 0.273. The Kier molecular flexibility index (Phi) is 8.61. The zero-order chi connectivity index (χ0) is 23.8. The molecule has 8 nitrogen and oxygen atoms in total. The molecule has 0 aliphatic heterocycles. The molecule has 3 rings (SSSR count). The van der Waals surface area contributed by atoms with E-state index in [1.54, 1.807) is 42.7 Å². The minimum atomic E-state index is -0.464. The maximum atomic E-state index is 13.8. The highest BCUT2D eigenvalue weighted by molar-refractivity contribution is 7.99. The SMILES string of the molecule is C=CCn1c(COc2ccccc2F)nnc1SCC(=O)Nc1cc(C)c(C(=O)OCC)s1. The third kappa shape index (κ3) is 6.42. The highest BCUT2D eigenvalue weighted by Gasteiger charge is 2.18. The number of thioether (sulfide) groups is 1. The molecule has 0 unspecified atom stereocenters. The van der Waals surface area contributed by atoms with Gasteiger partial charge in [-0.3, -0.25) is 9.36 Å². The molecule has 2 aromatic heterocycles. The van der Waals surface area contributed by atoms with Gasteiger partial charge in [-0.05, 0) is 37.6 Å². The van der Waals surface area contributed by atoms with Crippen LogP contribution in [0.1, 0.15) is 28.0 Å². The van der Waals surface area contributed by atoms with E-state index in [-0.39, 0.29) is 30.6 Å². The van der Waals surface area contributed by atoms with Gasteiger partial charge in [-0.1, -0.05) is 30.0 Å². The Labute approximate surface area is 198 Å². The van der Waals surface area contributed by atoms with Crippen LogP contribution in [0.15, 0.2) is 48.1 Å². The fourth-order valence-electron chi connectivity index (χ4n) is 2.80. The third-order valence-electron chi connectivity index (χ3n) is 4.27. The number of ether oxygens (including phenoxy) is 2. The Morgan fingerprint density at radius 1 is 1.33 bits per heavy atom. The molecule has 0 bridgehead atoms. The van der Waals surface area contributed by atoms with Crippen molar-refractivity contribution in [1.29, 1.82) is 0 Å². The molecule has 174 valence electrons. The van der Waals surface area contributed by atoms with E-state index in [1.807, 2.05) is 0 Å². The Hall–Kier alpha value is -3.18. The number of aromatic nitrogens is 3. The number of aryl methyl sites for hydroxylation is 1. The van der Waals surface area contributed by atoms with E-state index >= 15 is 0 Å². The first-order chi connectivity index (χ1) is 15.9. The van der Waals surface area contributed by atoms with Gasteiger partial charge in [-0.25, -0.2) is 9.18 Å². The molecule has 11 heteroatoms. The summed E-state index contributed by atoms with van der Waals surface area (Å²) < 4.78 is 26.1. The van der Waals surface area contributed by atoms with Gasteiger partial charge >= 0.3 is 5.97 Å². The van der Waals surface area contributed by atoms with E-state index in [0.717, 1.165) is 5.56 Å². The Balaban J connectivity index is 1.61. The van der Waals surface area contributed by atoms with Crippen LogP contribution in [0, 0.1) is 12.7 Å². The third-order valence-corrected chi connectivity index (χ3v) is 6.37. The zero-order valence-corrected chi connectivity index (χ0v) is 19.8. The second kappa shape index (κ2) is 11.6. The summed E-state index contributed by atoms with van der Waals surface area (Å²) in [5.41, 5.74) is 0.742. The number of hydrogen-bond acceptors (Lipinski definition) is 8. The number of carbonyl (C=O) groups is 2. The molecule has 1 amide bonds. The van der Waals surface area contributed by atoms with Crippen LogP contribution in [-0.4, -0.2) is 39.0 Å². The summed E-state index contributed by atoms with van der Waals surface area (Å²) in [7, 11) is 0.